The van der Waals surface area contributed by atoms with Gasteiger partial charge in [0, 0.05) is 7.11 Å². The molecule has 0 aromatic rings. The molecule has 0 saturated carbocycles. The van der Waals surface area contributed by atoms with Gasteiger partial charge in [-0.25, -0.2) is 0 Å². The van der Waals surface area contributed by atoms with Crippen molar-refractivity contribution in [3.8, 4) is 0 Å². The molecule has 0 saturated heterocycles. The van der Waals surface area contributed by atoms with E-state index in [-0.39, 0.29) is 12.4 Å². The van der Waals surface area contributed by atoms with Gasteiger partial charge in [0.1, 0.15) is 0 Å². The van der Waals surface area contributed by atoms with Crippen molar-refractivity contribution in [3.63, 3.8) is 0 Å². The van der Waals surface area contributed by atoms with Gasteiger partial charge in [0.25, 0.3) is 0 Å². The third-order valence-corrected chi connectivity index (χ3v) is 3.59. The van der Waals surface area contributed by atoms with Crippen molar-refractivity contribution in [2.24, 2.45) is 11.8 Å². The van der Waals surface area contributed by atoms with E-state index in [1.165, 1.54) is 11.1 Å². The fraction of sp³-hybridized carbons (Fsp3) is 0.647. The van der Waals surface area contributed by atoms with Crippen LogP contribution in [0.2, 0.25) is 0 Å². The highest BCUT2D eigenvalue weighted by Crippen LogP contribution is 2.30. The lowest BCUT2D eigenvalue weighted by molar-refractivity contribution is -0.130. The van der Waals surface area contributed by atoms with Crippen molar-refractivity contribution in [1.29, 1.82) is 0 Å². The maximum Gasteiger partial charge on any atom is 0.155 e. The minimum absolute atomic E-state index is 0.136. The van der Waals surface area contributed by atoms with Crippen LogP contribution in [-0.4, -0.2) is 19.5 Å². The first kappa shape index (κ1) is 16.2. The molecular weight excluding hydrogens is 236 g/mol. The molecule has 1 rings (SSSR count). The van der Waals surface area contributed by atoms with Crippen molar-refractivity contribution in [2.75, 3.05) is 7.11 Å². The van der Waals surface area contributed by atoms with Crippen LogP contribution in [0.15, 0.2) is 36.0 Å². The van der Waals surface area contributed by atoms with Crippen molar-refractivity contribution < 1.29 is 9.47 Å². The topological polar surface area (TPSA) is 18.5 Å². The van der Waals surface area contributed by atoms with Gasteiger partial charge in [0.15, 0.2) is 6.29 Å². The second-order valence-electron chi connectivity index (χ2n) is 5.79. The van der Waals surface area contributed by atoms with E-state index in [9.17, 15) is 0 Å². The van der Waals surface area contributed by atoms with Crippen LogP contribution in [0.3, 0.4) is 0 Å². The largest absolute Gasteiger partial charge is 0.356 e. The summed E-state index contributed by atoms with van der Waals surface area (Å²) in [5.41, 5.74) is 2.67. The average molecular weight is 264 g/mol. The standard InChI is InChI=1S/C17H28O2/c1-12(2)11-17(13(3)4)15-7-9-16(10-8-15)19-14(5)18-6/h7-9,13-14,16-17H,1,10-11H2,2-6H3. The molecule has 1 aliphatic rings. The highest BCUT2D eigenvalue weighted by molar-refractivity contribution is 5.28. The molecule has 0 heterocycles. The summed E-state index contributed by atoms with van der Waals surface area (Å²) in [5, 5.41) is 0. The molecule has 0 radical (unpaired) electrons. The third kappa shape index (κ3) is 5.33. The van der Waals surface area contributed by atoms with Gasteiger partial charge in [-0.2, -0.15) is 0 Å². The van der Waals surface area contributed by atoms with E-state index in [2.05, 4.69) is 45.6 Å². The molecule has 1 aliphatic carbocycles. The molecule has 0 spiro atoms. The minimum Gasteiger partial charge on any atom is -0.356 e. The normalized spacial score (nSPS) is 22.2. The molecule has 0 N–H and O–H groups in total. The van der Waals surface area contributed by atoms with Gasteiger partial charge in [-0.1, -0.05) is 37.6 Å². The summed E-state index contributed by atoms with van der Waals surface area (Å²) < 4.78 is 10.9. The number of hydrogen-bond acceptors (Lipinski definition) is 2. The molecule has 0 aromatic heterocycles. The minimum atomic E-state index is -0.152. The molecule has 19 heavy (non-hydrogen) atoms. The average Bonchev–Trinajstić information content (AvgIpc) is 2.36. The molecule has 0 aliphatic heterocycles. The van der Waals surface area contributed by atoms with E-state index in [0.717, 1.165) is 12.8 Å². The summed E-state index contributed by atoms with van der Waals surface area (Å²) in [6.45, 7) is 12.6. The Morgan fingerprint density at radius 2 is 2.11 bits per heavy atom. The quantitative estimate of drug-likeness (QED) is 0.498. The molecule has 0 fully saturated rings. The summed E-state index contributed by atoms with van der Waals surface area (Å²) in [6, 6.07) is 0. The highest BCUT2D eigenvalue weighted by Gasteiger charge is 2.20. The molecule has 2 heteroatoms. The lowest BCUT2D eigenvalue weighted by Gasteiger charge is -2.27. The highest BCUT2D eigenvalue weighted by atomic mass is 16.7. The molecule has 3 unspecified atom stereocenters. The van der Waals surface area contributed by atoms with Gasteiger partial charge < -0.3 is 9.47 Å². The zero-order valence-corrected chi connectivity index (χ0v) is 13.0. The Morgan fingerprint density at radius 3 is 2.53 bits per heavy atom. The van der Waals surface area contributed by atoms with Crippen LogP contribution >= 0.6 is 0 Å². The summed E-state index contributed by atoms with van der Waals surface area (Å²) in [5.74, 6) is 1.19. The smallest absolute Gasteiger partial charge is 0.155 e. The lowest BCUT2D eigenvalue weighted by Crippen LogP contribution is -2.22. The van der Waals surface area contributed by atoms with E-state index < -0.39 is 0 Å². The lowest BCUT2D eigenvalue weighted by atomic mass is 9.81. The summed E-state index contributed by atoms with van der Waals surface area (Å²) in [4.78, 5) is 0. The van der Waals surface area contributed by atoms with Crippen LogP contribution in [0.25, 0.3) is 0 Å². The van der Waals surface area contributed by atoms with Crippen molar-refractivity contribution >= 4 is 0 Å². The zero-order chi connectivity index (χ0) is 14.4. The molecule has 108 valence electrons. The van der Waals surface area contributed by atoms with E-state index in [1.807, 2.05) is 6.92 Å². The molecule has 3 atom stereocenters. The van der Waals surface area contributed by atoms with Crippen LogP contribution in [0, 0.1) is 11.8 Å². The number of methoxy groups -OCH3 is 1. The number of allylic oxidation sites excluding steroid dienone is 3. The predicted octanol–water partition coefficient (Wildman–Crippen LogP) is 4.49. The van der Waals surface area contributed by atoms with Crippen LogP contribution in [-0.2, 0) is 9.47 Å². The van der Waals surface area contributed by atoms with Crippen molar-refractivity contribution in [1.82, 2.24) is 0 Å². The maximum absolute atomic E-state index is 5.74. The summed E-state index contributed by atoms with van der Waals surface area (Å²) in [7, 11) is 1.67. The van der Waals surface area contributed by atoms with Crippen LogP contribution in [0.1, 0.15) is 40.5 Å². The Labute approximate surface area is 118 Å². The van der Waals surface area contributed by atoms with Gasteiger partial charge in [0.2, 0.25) is 0 Å². The van der Waals surface area contributed by atoms with Gasteiger partial charge >= 0.3 is 0 Å². The fourth-order valence-corrected chi connectivity index (χ4v) is 2.41. The van der Waals surface area contributed by atoms with Gasteiger partial charge in [0.05, 0.1) is 6.10 Å². The van der Waals surface area contributed by atoms with Gasteiger partial charge in [-0.05, 0) is 44.1 Å². The molecule has 2 nitrogen and oxygen atoms in total. The Morgan fingerprint density at radius 1 is 1.42 bits per heavy atom. The predicted molar refractivity (Wildman–Crippen MR) is 80.9 cm³/mol. The number of hydrogen-bond donors (Lipinski definition) is 0. The van der Waals surface area contributed by atoms with Gasteiger partial charge in [-0.15, -0.1) is 6.58 Å². The van der Waals surface area contributed by atoms with E-state index in [4.69, 9.17) is 9.47 Å². The van der Waals surface area contributed by atoms with Gasteiger partial charge in [-0.3, -0.25) is 0 Å². The monoisotopic (exact) mass is 264 g/mol. The number of rotatable bonds is 7. The Bertz CT molecular complexity index is 352. The zero-order valence-electron chi connectivity index (χ0n) is 13.0. The Hall–Kier alpha value is -0.860. The molecule has 0 amide bonds. The first-order valence-corrected chi connectivity index (χ1v) is 7.15. The van der Waals surface area contributed by atoms with Crippen molar-refractivity contribution in [2.45, 2.75) is 52.9 Å². The van der Waals surface area contributed by atoms with Crippen molar-refractivity contribution in [3.05, 3.63) is 36.0 Å². The maximum atomic E-state index is 5.74. The second-order valence-corrected chi connectivity index (χ2v) is 5.79. The van der Waals surface area contributed by atoms with Crippen LogP contribution < -0.4 is 0 Å². The second kappa shape index (κ2) is 7.66. The molecular formula is C17H28O2. The molecule has 0 aromatic carbocycles. The first-order chi connectivity index (χ1) is 8.93. The SMILES string of the molecule is C=C(C)CC(C1=CCC(OC(C)OC)C=C1)C(C)C. The Balaban J connectivity index is 2.62. The van der Waals surface area contributed by atoms with E-state index >= 15 is 0 Å². The summed E-state index contributed by atoms with van der Waals surface area (Å²) >= 11 is 0. The van der Waals surface area contributed by atoms with Crippen LogP contribution in [0.5, 0.6) is 0 Å². The fourth-order valence-electron chi connectivity index (χ4n) is 2.41. The first-order valence-electron chi connectivity index (χ1n) is 7.15. The third-order valence-electron chi connectivity index (χ3n) is 3.59. The summed E-state index contributed by atoms with van der Waals surface area (Å²) in [6.07, 6.45) is 8.65. The number of ether oxygens (including phenoxy) is 2. The van der Waals surface area contributed by atoms with E-state index in [0.29, 0.717) is 11.8 Å². The van der Waals surface area contributed by atoms with E-state index in [1.54, 1.807) is 7.11 Å². The van der Waals surface area contributed by atoms with Crippen LogP contribution in [0.4, 0.5) is 0 Å². The Kier molecular flexibility index (Phi) is 6.53. The molecule has 0 bridgehead atoms.